The Bertz CT molecular complexity index is 729. The highest BCUT2D eigenvalue weighted by Gasteiger charge is 2.14. The van der Waals surface area contributed by atoms with Gasteiger partial charge in [0.15, 0.2) is 0 Å². The predicted octanol–water partition coefficient (Wildman–Crippen LogP) is 1.50. The molecule has 0 amide bonds. The molecule has 2 rings (SSSR count). The molecule has 21 heavy (non-hydrogen) atoms. The van der Waals surface area contributed by atoms with Crippen LogP contribution in [0.25, 0.3) is 5.65 Å². The van der Waals surface area contributed by atoms with Crippen LogP contribution in [0.1, 0.15) is 12.6 Å². The molecule has 7 heteroatoms. The van der Waals surface area contributed by atoms with E-state index in [0.29, 0.717) is 29.5 Å². The average Bonchev–Trinajstić information content (AvgIpc) is 2.39. The van der Waals surface area contributed by atoms with Crippen LogP contribution in [0, 0.1) is 5.92 Å². The molecule has 0 saturated carbocycles. The van der Waals surface area contributed by atoms with E-state index >= 15 is 0 Å². The van der Waals surface area contributed by atoms with Gasteiger partial charge >= 0.3 is 5.97 Å². The Hall–Kier alpha value is -1.92. The van der Waals surface area contributed by atoms with Crippen molar-refractivity contribution in [3.05, 3.63) is 45.5 Å². The molecule has 1 unspecified atom stereocenters. The van der Waals surface area contributed by atoms with Crippen LogP contribution in [0.4, 0.5) is 0 Å². The van der Waals surface area contributed by atoms with Crippen LogP contribution in [-0.4, -0.2) is 39.0 Å². The van der Waals surface area contributed by atoms with Crippen LogP contribution in [0.5, 0.6) is 0 Å². The van der Waals surface area contributed by atoms with Crippen molar-refractivity contribution in [2.24, 2.45) is 5.92 Å². The maximum Gasteiger partial charge on any atom is 0.307 e. The maximum absolute atomic E-state index is 12.0. The minimum absolute atomic E-state index is 0.211. The largest absolute Gasteiger partial charge is 0.481 e. The quantitative estimate of drug-likeness (QED) is 0.906. The summed E-state index contributed by atoms with van der Waals surface area (Å²) < 4.78 is 1.38. The molecule has 0 aliphatic carbocycles. The topological polar surface area (TPSA) is 74.9 Å². The maximum atomic E-state index is 12.0. The highest BCUT2D eigenvalue weighted by Crippen LogP contribution is 2.09. The minimum Gasteiger partial charge on any atom is -0.481 e. The van der Waals surface area contributed by atoms with E-state index in [1.54, 1.807) is 26.1 Å². The molecule has 2 aromatic heterocycles. The Morgan fingerprint density at radius 3 is 2.90 bits per heavy atom. The number of halogens is 1. The van der Waals surface area contributed by atoms with Gasteiger partial charge in [-0.05, 0) is 19.2 Å². The average molecular weight is 310 g/mol. The summed E-state index contributed by atoms with van der Waals surface area (Å²) in [5.41, 5.74) is 0.904. The lowest BCUT2D eigenvalue weighted by molar-refractivity contribution is -0.141. The summed E-state index contributed by atoms with van der Waals surface area (Å²) in [6.07, 6.45) is 1.52. The smallest absolute Gasteiger partial charge is 0.307 e. The minimum atomic E-state index is -0.844. The number of aromatic nitrogens is 2. The monoisotopic (exact) mass is 309 g/mol. The van der Waals surface area contributed by atoms with Crippen LogP contribution >= 0.6 is 11.6 Å². The molecule has 0 aromatic carbocycles. The van der Waals surface area contributed by atoms with Crippen LogP contribution in [0.15, 0.2) is 29.2 Å². The van der Waals surface area contributed by atoms with E-state index in [2.05, 4.69) is 4.98 Å². The highest BCUT2D eigenvalue weighted by molar-refractivity contribution is 6.30. The fraction of sp³-hybridized carbons (Fsp3) is 0.357. The first-order valence-corrected chi connectivity index (χ1v) is 6.84. The lowest BCUT2D eigenvalue weighted by atomic mass is 10.2. The number of nitrogens with zero attached hydrogens (tertiary/aromatic N) is 3. The van der Waals surface area contributed by atoms with Gasteiger partial charge in [0.25, 0.3) is 5.56 Å². The molecule has 0 aliphatic heterocycles. The van der Waals surface area contributed by atoms with Gasteiger partial charge in [-0.1, -0.05) is 18.5 Å². The van der Waals surface area contributed by atoms with Gasteiger partial charge in [-0.15, -0.1) is 0 Å². The zero-order valence-corrected chi connectivity index (χ0v) is 12.5. The molecule has 0 fully saturated rings. The standard InChI is InChI=1S/C14H16ClN3O3/c1-9(14(20)21)6-17(2)8-11-5-13(19)18-7-10(15)3-4-12(18)16-11/h3-5,7,9H,6,8H2,1-2H3,(H,20,21). The summed E-state index contributed by atoms with van der Waals surface area (Å²) in [6, 6.07) is 4.78. The second kappa shape index (κ2) is 6.24. The number of carboxylic acids is 1. The van der Waals surface area contributed by atoms with Crippen molar-refractivity contribution < 1.29 is 9.90 Å². The van der Waals surface area contributed by atoms with Crippen LogP contribution in [0.3, 0.4) is 0 Å². The van der Waals surface area contributed by atoms with Gasteiger partial charge in [-0.25, -0.2) is 4.98 Å². The molecule has 0 saturated heterocycles. The van der Waals surface area contributed by atoms with Crippen molar-refractivity contribution in [3.8, 4) is 0 Å². The molecule has 6 nitrogen and oxygen atoms in total. The molecule has 1 N–H and O–H groups in total. The first-order chi connectivity index (χ1) is 9.86. The summed E-state index contributed by atoms with van der Waals surface area (Å²) >= 11 is 5.85. The highest BCUT2D eigenvalue weighted by atomic mass is 35.5. The number of pyridine rings is 1. The molecule has 0 bridgehead atoms. The number of aliphatic carboxylic acids is 1. The fourth-order valence-electron chi connectivity index (χ4n) is 2.09. The van der Waals surface area contributed by atoms with E-state index in [4.69, 9.17) is 16.7 Å². The van der Waals surface area contributed by atoms with E-state index in [-0.39, 0.29) is 5.56 Å². The van der Waals surface area contributed by atoms with Gasteiger partial charge in [0.1, 0.15) is 5.65 Å². The van der Waals surface area contributed by atoms with E-state index in [0.717, 1.165) is 0 Å². The van der Waals surface area contributed by atoms with Gasteiger partial charge in [-0.3, -0.25) is 18.9 Å². The third kappa shape index (κ3) is 3.80. The summed E-state index contributed by atoms with van der Waals surface area (Å²) in [7, 11) is 1.80. The Balaban J connectivity index is 2.21. The molecule has 2 heterocycles. The van der Waals surface area contributed by atoms with Gasteiger partial charge < -0.3 is 5.11 Å². The molecule has 1 atom stereocenters. The zero-order valence-electron chi connectivity index (χ0n) is 11.8. The van der Waals surface area contributed by atoms with Crippen molar-refractivity contribution in [2.45, 2.75) is 13.5 Å². The molecule has 0 radical (unpaired) electrons. The third-order valence-corrected chi connectivity index (χ3v) is 3.34. The summed E-state index contributed by atoms with van der Waals surface area (Å²) in [5, 5.41) is 9.36. The normalized spacial score (nSPS) is 12.8. The predicted molar refractivity (Wildman–Crippen MR) is 79.6 cm³/mol. The Morgan fingerprint density at radius 1 is 1.52 bits per heavy atom. The van der Waals surface area contributed by atoms with E-state index < -0.39 is 11.9 Å². The summed E-state index contributed by atoms with van der Waals surface area (Å²) in [6.45, 7) is 2.44. The van der Waals surface area contributed by atoms with Crippen molar-refractivity contribution in [3.63, 3.8) is 0 Å². The molecule has 0 aliphatic rings. The van der Waals surface area contributed by atoms with Gasteiger partial charge in [0.2, 0.25) is 0 Å². The third-order valence-electron chi connectivity index (χ3n) is 3.12. The Labute approximate surface area is 126 Å². The number of carbonyl (C=O) groups is 1. The first-order valence-electron chi connectivity index (χ1n) is 6.46. The van der Waals surface area contributed by atoms with E-state index in [9.17, 15) is 9.59 Å². The molecule has 2 aromatic rings. The molecule has 0 spiro atoms. The first kappa shape index (κ1) is 15.5. The molecular formula is C14H16ClN3O3. The van der Waals surface area contributed by atoms with Crippen molar-refractivity contribution >= 4 is 23.2 Å². The van der Waals surface area contributed by atoms with Gasteiger partial charge in [0, 0.05) is 25.4 Å². The lowest BCUT2D eigenvalue weighted by Crippen LogP contribution is -2.29. The SMILES string of the molecule is CC(CN(C)Cc1cc(=O)n2cc(Cl)ccc2n1)C(=O)O. The molecule has 112 valence electrons. The zero-order chi connectivity index (χ0) is 15.6. The lowest BCUT2D eigenvalue weighted by Gasteiger charge is -2.18. The molecular weight excluding hydrogens is 294 g/mol. The van der Waals surface area contributed by atoms with Crippen LogP contribution < -0.4 is 5.56 Å². The van der Waals surface area contributed by atoms with Crippen LogP contribution in [0.2, 0.25) is 5.02 Å². The number of rotatable bonds is 5. The number of hydrogen-bond donors (Lipinski definition) is 1. The van der Waals surface area contributed by atoms with E-state index in [1.165, 1.54) is 16.7 Å². The van der Waals surface area contributed by atoms with Crippen LogP contribution in [-0.2, 0) is 11.3 Å². The van der Waals surface area contributed by atoms with Crippen molar-refractivity contribution in [1.82, 2.24) is 14.3 Å². The van der Waals surface area contributed by atoms with Crippen molar-refractivity contribution in [1.29, 1.82) is 0 Å². The number of hydrogen-bond acceptors (Lipinski definition) is 4. The number of carboxylic acid groups (broad SMARTS) is 1. The number of fused-ring (bicyclic) bond motifs is 1. The Kier molecular flexibility index (Phi) is 4.59. The van der Waals surface area contributed by atoms with E-state index in [1.807, 2.05) is 4.90 Å². The van der Waals surface area contributed by atoms with Crippen molar-refractivity contribution in [2.75, 3.05) is 13.6 Å². The summed E-state index contributed by atoms with van der Waals surface area (Å²) in [5.74, 6) is -1.32. The summed E-state index contributed by atoms with van der Waals surface area (Å²) in [4.78, 5) is 29.1. The van der Waals surface area contributed by atoms with Gasteiger partial charge in [0.05, 0.1) is 16.6 Å². The second-order valence-corrected chi connectivity index (χ2v) is 5.53. The second-order valence-electron chi connectivity index (χ2n) is 5.10. The Morgan fingerprint density at radius 2 is 2.24 bits per heavy atom. The van der Waals surface area contributed by atoms with Gasteiger partial charge in [-0.2, -0.15) is 0 Å². The fourth-order valence-corrected chi connectivity index (χ4v) is 2.25.